The van der Waals surface area contributed by atoms with Crippen LogP contribution in [0, 0.1) is 5.92 Å². The number of rotatable bonds is 7. The maximum atomic E-state index is 5.66. The Morgan fingerprint density at radius 2 is 1.94 bits per heavy atom. The Labute approximate surface area is 103 Å². The summed E-state index contributed by atoms with van der Waals surface area (Å²) >= 11 is 0. The standard InChI is InChI=1S/C12H23N5/c1-4-5-6-7-14-12-16-10(8-9(2)3)15-11(13)17-12/h9H,4-8H2,1-3H3,(H3,13,14,15,16,17). The van der Waals surface area contributed by atoms with Gasteiger partial charge in [0.1, 0.15) is 5.82 Å². The molecule has 1 aromatic heterocycles. The predicted molar refractivity (Wildman–Crippen MR) is 70.8 cm³/mol. The highest BCUT2D eigenvalue weighted by Crippen LogP contribution is 2.07. The molecule has 0 aliphatic rings. The molecule has 1 aromatic rings. The minimum absolute atomic E-state index is 0.300. The summed E-state index contributed by atoms with van der Waals surface area (Å²) in [5, 5.41) is 3.19. The molecule has 0 amide bonds. The van der Waals surface area contributed by atoms with Crippen molar-refractivity contribution in [1.29, 1.82) is 0 Å². The summed E-state index contributed by atoms with van der Waals surface area (Å²) in [6.45, 7) is 7.34. The Hall–Kier alpha value is -1.39. The highest BCUT2D eigenvalue weighted by Gasteiger charge is 2.05. The second kappa shape index (κ2) is 7.04. The second-order valence-electron chi connectivity index (χ2n) is 4.67. The lowest BCUT2D eigenvalue weighted by Crippen LogP contribution is -2.11. The topological polar surface area (TPSA) is 76.7 Å². The number of hydrogen-bond donors (Lipinski definition) is 2. The lowest BCUT2D eigenvalue weighted by molar-refractivity contribution is 0.619. The summed E-state index contributed by atoms with van der Waals surface area (Å²) in [6, 6.07) is 0. The van der Waals surface area contributed by atoms with Gasteiger partial charge in [0.05, 0.1) is 0 Å². The fraction of sp³-hybridized carbons (Fsp3) is 0.750. The predicted octanol–water partition coefficient (Wildman–Crippen LogP) is 2.25. The number of nitrogens with zero attached hydrogens (tertiary/aromatic N) is 3. The highest BCUT2D eigenvalue weighted by molar-refractivity contribution is 5.30. The number of nitrogens with one attached hydrogen (secondary N) is 1. The van der Waals surface area contributed by atoms with Gasteiger partial charge >= 0.3 is 0 Å². The van der Waals surface area contributed by atoms with E-state index in [1.807, 2.05) is 0 Å². The van der Waals surface area contributed by atoms with Gasteiger partial charge in [0, 0.05) is 13.0 Å². The van der Waals surface area contributed by atoms with E-state index in [1.54, 1.807) is 0 Å². The van der Waals surface area contributed by atoms with Crippen molar-refractivity contribution < 1.29 is 0 Å². The lowest BCUT2D eigenvalue weighted by atomic mass is 10.1. The summed E-state index contributed by atoms with van der Waals surface area (Å²) < 4.78 is 0. The molecule has 17 heavy (non-hydrogen) atoms. The van der Waals surface area contributed by atoms with Crippen LogP contribution in [0.1, 0.15) is 45.9 Å². The minimum Gasteiger partial charge on any atom is -0.368 e. The van der Waals surface area contributed by atoms with Gasteiger partial charge in [-0.1, -0.05) is 33.6 Å². The van der Waals surface area contributed by atoms with Crippen LogP contribution in [0.4, 0.5) is 11.9 Å². The molecule has 1 heterocycles. The van der Waals surface area contributed by atoms with Crippen LogP contribution in [-0.2, 0) is 6.42 Å². The molecule has 0 saturated heterocycles. The fourth-order valence-corrected chi connectivity index (χ4v) is 1.55. The first-order valence-corrected chi connectivity index (χ1v) is 6.36. The molecule has 5 heteroatoms. The van der Waals surface area contributed by atoms with Crippen molar-refractivity contribution in [2.45, 2.75) is 46.5 Å². The van der Waals surface area contributed by atoms with Gasteiger partial charge in [0.15, 0.2) is 0 Å². The molecule has 0 spiro atoms. The summed E-state index contributed by atoms with van der Waals surface area (Å²) in [5.41, 5.74) is 5.66. The van der Waals surface area contributed by atoms with Crippen molar-refractivity contribution in [3.63, 3.8) is 0 Å². The van der Waals surface area contributed by atoms with Crippen LogP contribution < -0.4 is 11.1 Å². The first-order valence-electron chi connectivity index (χ1n) is 6.36. The monoisotopic (exact) mass is 237 g/mol. The number of unbranched alkanes of at least 4 members (excludes halogenated alkanes) is 2. The Bertz CT molecular complexity index is 338. The molecule has 0 saturated carbocycles. The van der Waals surface area contributed by atoms with E-state index >= 15 is 0 Å². The third kappa shape index (κ3) is 5.47. The van der Waals surface area contributed by atoms with Crippen molar-refractivity contribution >= 4 is 11.9 Å². The molecule has 0 radical (unpaired) electrons. The quantitative estimate of drug-likeness (QED) is 0.711. The fourth-order valence-electron chi connectivity index (χ4n) is 1.55. The van der Waals surface area contributed by atoms with Crippen LogP contribution >= 0.6 is 0 Å². The number of aromatic nitrogens is 3. The van der Waals surface area contributed by atoms with Gasteiger partial charge in [-0.3, -0.25) is 0 Å². The maximum Gasteiger partial charge on any atom is 0.227 e. The van der Waals surface area contributed by atoms with E-state index in [0.717, 1.165) is 25.2 Å². The molecule has 0 atom stereocenters. The van der Waals surface area contributed by atoms with E-state index in [-0.39, 0.29) is 0 Å². The van der Waals surface area contributed by atoms with E-state index in [1.165, 1.54) is 12.8 Å². The van der Waals surface area contributed by atoms with E-state index in [0.29, 0.717) is 17.8 Å². The third-order valence-corrected chi connectivity index (χ3v) is 2.35. The molecular formula is C12H23N5. The van der Waals surface area contributed by atoms with E-state index in [4.69, 9.17) is 5.73 Å². The molecule has 1 rings (SSSR count). The van der Waals surface area contributed by atoms with Crippen LogP contribution in [0.15, 0.2) is 0 Å². The molecule has 0 unspecified atom stereocenters. The van der Waals surface area contributed by atoms with Crippen molar-refractivity contribution in [3.05, 3.63) is 5.82 Å². The Kier molecular flexibility index (Phi) is 5.66. The first kappa shape index (κ1) is 13.7. The van der Waals surface area contributed by atoms with E-state index in [2.05, 4.69) is 41.0 Å². The van der Waals surface area contributed by atoms with Crippen LogP contribution in [0.2, 0.25) is 0 Å². The molecule has 0 aliphatic carbocycles. The average Bonchev–Trinajstić information content (AvgIpc) is 2.22. The van der Waals surface area contributed by atoms with Gasteiger partial charge in [-0.2, -0.15) is 15.0 Å². The summed E-state index contributed by atoms with van der Waals surface area (Å²) in [7, 11) is 0. The third-order valence-electron chi connectivity index (χ3n) is 2.35. The van der Waals surface area contributed by atoms with Gasteiger partial charge in [-0.05, 0) is 12.3 Å². The Morgan fingerprint density at radius 1 is 1.18 bits per heavy atom. The van der Waals surface area contributed by atoms with Gasteiger partial charge in [-0.15, -0.1) is 0 Å². The zero-order chi connectivity index (χ0) is 12.7. The first-order chi connectivity index (χ1) is 8.11. The lowest BCUT2D eigenvalue weighted by Gasteiger charge is -2.08. The van der Waals surface area contributed by atoms with Gasteiger partial charge in [0.25, 0.3) is 0 Å². The van der Waals surface area contributed by atoms with Gasteiger partial charge in [-0.25, -0.2) is 0 Å². The Morgan fingerprint density at radius 3 is 2.59 bits per heavy atom. The van der Waals surface area contributed by atoms with Crippen molar-refractivity contribution in [1.82, 2.24) is 15.0 Å². The number of nitrogens with two attached hydrogens (primary N) is 1. The van der Waals surface area contributed by atoms with Gasteiger partial charge < -0.3 is 11.1 Å². The highest BCUT2D eigenvalue weighted by atomic mass is 15.2. The summed E-state index contributed by atoms with van der Waals surface area (Å²) in [5.74, 6) is 2.19. The molecule has 5 nitrogen and oxygen atoms in total. The van der Waals surface area contributed by atoms with Crippen molar-refractivity contribution in [2.75, 3.05) is 17.6 Å². The van der Waals surface area contributed by atoms with Crippen molar-refractivity contribution in [2.24, 2.45) is 5.92 Å². The zero-order valence-corrected chi connectivity index (χ0v) is 11.0. The summed E-state index contributed by atoms with van der Waals surface area (Å²) in [4.78, 5) is 12.6. The SMILES string of the molecule is CCCCCNc1nc(N)nc(CC(C)C)n1. The smallest absolute Gasteiger partial charge is 0.227 e. The Balaban J connectivity index is 2.56. The minimum atomic E-state index is 0.300. The largest absolute Gasteiger partial charge is 0.368 e. The number of nitrogen functional groups attached to an aromatic ring is 1. The van der Waals surface area contributed by atoms with Gasteiger partial charge in [0.2, 0.25) is 11.9 Å². The second-order valence-corrected chi connectivity index (χ2v) is 4.67. The van der Waals surface area contributed by atoms with Crippen LogP contribution in [0.5, 0.6) is 0 Å². The normalized spacial score (nSPS) is 10.8. The molecule has 0 aliphatic heterocycles. The van der Waals surface area contributed by atoms with Crippen LogP contribution in [-0.4, -0.2) is 21.5 Å². The summed E-state index contributed by atoms with van der Waals surface area (Å²) in [6.07, 6.45) is 4.38. The number of anilines is 2. The molecule has 96 valence electrons. The van der Waals surface area contributed by atoms with Crippen LogP contribution in [0.25, 0.3) is 0 Å². The molecular weight excluding hydrogens is 214 g/mol. The zero-order valence-electron chi connectivity index (χ0n) is 11.0. The maximum absolute atomic E-state index is 5.66. The molecule has 3 N–H and O–H groups in total. The van der Waals surface area contributed by atoms with Crippen LogP contribution in [0.3, 0.4) is 0 Å². The molecule has 0 aromatic carbocycles. The van der Waals surface area contributed by atoms with E-state index in [9.17, 15) is 0 Å². The van der Waals surface area contributed by atoms with E-state index < -0.39 is 0 Å². The number of hydrogen-bond acceptors (Lipinski definition) is 5. The average molecular weight is 237 g/mol. The molecule has 0 bridgehead atoms. The van der Waals surface area contributed by atoms with Crippen molar-refractivity contribution in [3.8, 4) is 0 Å². The molecule has 0 fully saturated rings.